The molecule has 1 heterocycles. The van der Waals surface area contributed by atoms with Gasteiger partial charge < -0.3 is 14.8 Å². The summed E-state index contributed by atoms with van der Waals surface area (Å²) in [6.07, 6.45) is -4.43. The van der Waals surface area contributed by atoms with Gasteiger partial charge in [-0.2, -0.15) is 0 Å². The number of carboxylic acids is 1. The zero-order valence-electron chi connectivity index (χ0n) is 7.88. The zero-order valence-corrected chi connectivity index (χ0v) is 7.88. The standard InChI is InChI=1S/C8H6F3NO4/c1-3-5(7(14)15)12-2-4(6(3)13)16-8(9,10)11/h2H,1H3,(H,12,13)(H,14,15). The van der Waals surface area contributed by atoms with E-state index in [-0.39, 0.29) is 5.56 Å². The van der Waals surface area contributed by atoms with Gasteiger partial charge in [-0.15, -0.1) is 13.2 Å². The van der Waals surface area contributed by atoms with Gasteiger partial charge in [-0.05, 0) is 6.92 Å². The van der Waals surface area contributed by atoms with Crippen LogP contribution in [0.3, 0.4) is 0 Å². The summed E-state index contributed by atoms with van der Waals surface area (Å²) in [7, 11) is 0. The number of hydrogen-bond acceptors (Lipinski definition) is 3. The van der Waals surface area contributed by atoms with Crippen LogP contribution in [0.4, 0.5) is 13.2 Å². The molecule has 0 atom stereocenters. The third-order valence-electron chi connectivity index (χ3n) is 1.73. The van der Waals surface area contributed by atoms with Crippen molar-refractivity contribution < 1.29 is 27.8 Å². The molecule has 1 rings (SSSR count). The Labute approximate surface area is 86.5 Å². The number of ether oxygens (including phenoxy) is 1. The second-order valence-electron chi connectivity index (χ2n) is 2.84. The van der Waals surface area contributed by atoms with Gasteiger partial charge in [0.15, 0.2) is 5.75 Å². The lowest BCUT2D eigenvalue weighted by atomic mass is 10.2. The van der Waals surface area contributed by atoms with Gasteiger partial charge in [0.2, 0.25) is 5.43 Å². The molecule has 16 heavy (non-hydrogen) atoms. The van der Waals surface area contributed by atoms with Crippen molar-refractivity contribution in [2.45, 2.75) is 13.3 Å². The molecule has 0 aromatic carbocycles. The van der Waals surface area contributed by atoms with Gasteiger partial charge in [-0.25, -0.2) is 4.79 Å². The largest absolute Gasteiger partial charge is 0.573 e. The van der Waals surface area contributed by atoms with E-state index in [1.165, 1.54) is 0 Å². The highest BCUT2D eigenvalue weighted by Crippen LogP contribution is 2.19. The molecule has 0 saturated carbocycles. The van der Waals surface area contributed by atoms with E-state index < -0.39 is 29.2 Å². The zero-order chi connectivity index (χ0) is 12.5. The number of H-pyrrole nitrogens is 1. The number of aromatic carboxylic acids is 1. The summed E-state index contributed by atoms with van der Waals surface area (Å²) in [6.45, 7) is 1.09. The number of aromatic amines is 1. The average molecular weight is 237 g/mol. The number of halogens is 3. The molecule has 88 valence electrons. The molecule has 0 radical (unpaired) electrons. The Morgan fingerprint density at radius 3 is 2.50 bits per heavy atom. The van der Waals surface area contributed by atoms with Crippen molar-refractivity contribution >= 4 is 5.97 Å². The lowest BCUT2D eigenvalue weighted by molar-refractivity contribution is -0.275. The molecule has 8 heteroatoms. The number of carboxylic acid groups (broad SMARTS) is 1. The van der Waals surface area contributed by atoms with Gasteiger partial charge in [0, 0.05) is 11.8 Å². The molecule has 0 aliphatic heterocycles. The molecular formula is C8H6F3NO4. The predicted octanol–water partition coefficient (Wildman–Crippen LogP) is 1.28. The Morgan fingerprint density at radius 1 is 1.50 bits per heavy atom. The Hall–Kier alpha value is -1.99. The Kier molecular flexibility index (Phi) is 2.92. The van der Waals surface area contributed by atoms with Crippen LogP contribution in [0.15, 0.2) is 11.0 Å². The van der Waals surface area contributed by atoms with E-state index >= 15 is 0 Å². The van der Waals surface area contributed by atoms with Crippen molar-refractivity contribution in [3.63, 3.8) is 0 Å². The quantitative estimate of drug-likeness (QED) is 0.811. The fourth-order valence-electron chi connectivity index (χ4n) is 1.03. The summed E-state index contributed by atoms with van der Waals surface area (Å²) >= 11 is 0. The molecule has 0 aliphatic rings. The second-order valence-corrected chi connectivity index (χ2v) is 2.84. The van der Waals surface area contributed by atoms with E-state index in [4.69, 9.17) is 5.11 Å². The maximum Gasteiger partial charge on any atom is 0.573 e. The number of aromatic nitrogens is 1. The number of carbonyl (C=O) groups is 1. The van der Waals surface area contributed by atoms with Gasteiger partial charge in [-0.3, -0.25) is 4.79 Å². The SMILES string of the molecule is Cc1c(C(=O)O)[nH]cc(OC(F)(F)F)c1=O. The summed E-state index contributed by atoms with van der Waals surface area (Å²) in [5.41, 5.74) is -1.94. The number of nitrogens with one attached hydrogen (secondary N) is 1. The highest BCUT2D eigenvalue weighted by molar-refractivity contribution is 5.87. The van der Waals surface area contributed by atoms with Crippen molar-refractivity contribution in [2.75, 3.05) is 0 Å². The lowest BCUT2D eigenvalue weighted by Gasteiger charge is -2.09. The lowest BCUT2D eigenvalue weighted by Crippen LogP contribution is -2.24. The van der Waals surface area contributed by atoms with Crippen LogP contribution in [-0.4, -0.2) is 22.4 Å². The maximum atomic E-state index is 11.8. The van der Waals surface area contributed by atoms with Crippen LogP contribution in [0, 0.1) is 6.92 Å². The first-order valence-corrected chi connectivity index (χ1v) is 3.93. The highest BCUT2D eigenvalue weighted by Gasteiger charge is 2.32. The van der Waals surface area contributed by atoms with E-state index in [2.05, 4.69) is 4.74 Å². The fraction of sp³-hybridized carbons (Fsp3) is 0.250. The van der Waals surface area contributed by atoms with Crippen LogP contribution in [0.5, 0.6) is 5.75 Å². The van der Waals surface area contributed by atoms with Crippen molar-refractivity contribution in [3.05, 3.63) is 27.7 Å². The molecule has 1 aromatic heterocycles. The molecule has 0 spiro atoms. The number of alkyl halides is 3. The maximum absolute atomic E-state index is 11.8. The molecule has 2 N–H and O–H groups in total. The van der Waals surface area contributed by atoms with Gasteiger partial charge in [0.05, 0.1) is 0 Å². The van der Waals surface area contributed by atoms with Crippen LogP contribution in [-0.2, 0) is 0 Å². The smallest absolute Gasteiger partial charge is 0.477 e. The van der Waals surface area contributed by atoms with E-state index in [0.29, 0.717) is 6.20 Å². The number of pyridine rings is 1. The monoisotopic (exact) mass is 237 g/mol. The first-order valence-electron chi connectivity index (χ1n) is 3.93. The van der Waals surface area contributed by atoms with Crippen LogP contribution in [0.2, 0.25) is 0 Å². The van der Waals surface area contributed by atoms with Crippen molar-refractivity contribution in [3.8, 4) is 5.75 Å². The summed E-state index contributed by atoms with van der Waals surface area (Å²) in [5, 5.41) is 8.58. The summed E-state index contributed by atoms with van der Waals surface area (Å²) in [6, 6.07) is 0. The van der Waals surface area contributed by atoms with Crippen LogP contribution in [0.1, 0.15) is 16.1 Å². The minimum absolute atomic E-state index is 0.353. The molecule has 0 bridgehead atoms. The number of hydrogen-bond donors (Lipinski definition) is 2. The summed E-state index contributed by atoms with van der Waals surface area (Å²) < 4.78 is 38.9. The van der Waals surface area contributed by atoms with Crippen LogP contribution < -0.4 is 10.2 Å². The summed E-state index contributed by atoms with van der Waals surface area (Å²) in [4.78, 5) is 23.8. The first-order chi connectivity index (χ1) is 7.22. The second kappa shape index (κ2) is 3.87. The summed E-state index contributed by atoms with van der Waals surface area (Å²) in [5.74, 6) is -2.43. The van der Waals surface area contributed by atoms with Crippen LogP contribution in [0.25, 0.3) is 0 Å². The third kappa shape index (κ3) is 2.53. The van der Waals surface area contributed by atoms with E-state index in [1.54, 1.807) is 0 Å². The Morgan fingerprint density at radius 2 is 2.06 bits per heavy atom. The number of rotatable bonds is 2. The average Bonchev–Trinajstić information content (AvgIpc) is 2.10. The van der Waals surface area contributed by atoms with Crippen molar-refractivity contribution in [1.82, 2.24) is 4.98 Å². The molecule has 0 amide bonds. The third-order valence-corrected chi connectivity index (χ3v) is 1.73. The minimum atomic E-state index is -5.00. The van der Waals surface area contributed by atoms with Crippen molar-refractivity contribution in [2.24, 2.45) is 0 Å². The minimum Gasteiger partial charge on any atom is -0.477 e. The molecule has 0 unspecified atom stereocenters. The van der Waals surface area contributed by atoms with Gasteiger partial charge in [0.1, 0.15) is 5.69 Å². The topological polar surface area (TPSA) is 79.4 Å². The molecule has 0 aliphatic carbocycles. The van der Waals surface area contributed by atoms with E-state index in [0.717, 1.165) is 6.92 Å². The van der Waals surface area contributed by atoms with Crippen molar-refractivity contribution in [1.29, 1.82) is 0 Å². The molecular weight excluding hydrogens is 231 g/mol. The normalized spacial score (nSPS) is 11.2. The highest BCUT2D eigenvalue weighted by atomic mass is 19.4. The Balaban J connectivity index is 3.23. The van der Waals surface area contributed by atoms with E-state index in [9.17, 15) is 22.8 Å². The van der Waals surface area contributed by atoms with E-state index in [1.807, 2.05) is 4.98 Å². The fourth-order valence-corrected chi connectivity index (χ4v) is 1.03. The predicted molar refractivity (Wildman–Crippen MR) is 45.4 cm³/mol. The molecule has 5 nitrogen and oxygen atoms in total. The van der Waals surface area contributed by atoms with Crippen LogP contribution >= 0.6 is 0 Å². The molecule has 0 fully saturated rings. The molecule has 0 saturated heterocycles. The van der Waals surface area contributed by atoms with Gasteiger partial charge in [-0.1, -0.05) is 0 Å². The van der Waals surface area contributed by atoms with Gasteiger partial charge in [0.25, 0.3) is 0 Å². The molecule has 1 aromatic rings. The van der Waals surface area contributed by atoms with Gasteiger partial charge >= 0.3 is 12.3 Å². The Bertz CT molecular complexity index is 477. The first kappa shape index (κ1) is 12.1.